The van der Waals surface area contributed by atoms with Crippen LogP contribution in [0, 0.1) is 13.8 Å². The second-order valence-corrected chi connectivity index (χ2v) is 5.81. The molecule has 0 aliphatic carbocycles. The Balaban J connectivity index is 1.86. The Morgan fingerprint density at radius 1 is 1.26 bits per heavy atom. The molecule has 0 bridgehead atoms. The van der Waals surface area contributed by atoms with Gasteiger partial charge in [-0.15, -0.1) is 5.10 Å². The molecule has 0 radical (unpaired) electrons. The summed E-state index contributed by atoms with van der Waals surface area (Å²) in [5.74, 6) is 2.27. The number of aromatic nitrogens is 5. The molecular formula is C15H17N5O2S. The van der Waals surface area contributed by atoms with Crippen molar-refractivity contribution in [3.8, 4) is 11.4 Å². The van der Waals surface area contributed by atoms with Crippen LogP contribution in [0.25, 0.3) is 5.69 Å². The van der Waals surface area contributed by atoms with Crippen molar-refractivity contribution in [3.63, 3.8) is 0 Å². The van der Waals surface area contributed by atoms with Crippen molar-refractivity contribution in [2.75, 3.05) is 6.61 Å². The third kappa shape index (κ3) is 3.21. The molecule has 3 aromatic rings. The third-order valence-corrected chi connectivity index (χ3v) is 4.31. The highest BCUT2D eigenvalue weighted by Crippen LogP contribution is 2.29. The Bertz CT molecular complexity index is 779. The molecule has 0 aliphatic heterocycles. The van der Waals surface area contributed by atoms with E-state index in [1.807, 2.05) is 45.0 Å². The van der Waals surface area contributed by atoms with Gasteiger partial charge < -0.3 is 9.26 Å². The van der Waals surface area contributed by atoms with Gasteiger partial charge >= 0.3 is 0 Å². The molecule has 0 amide bonds. The Kier molecular flexibility index (Phi) is 4.61. The van der Waals surface area contributed by atoms with E-state index in [2.05, 4.69) is 20.7 Å². The molecule has 0 aliphatic rings. The lowest BCUT2D eigenvalue weighted by molar-refractivity contribution is 0.337. The van der Waals surface area contributed by atoms with Crippen LogP contribution >= 0.6 is 11.8 Å². The van der Waals surface area contributed by atoms with Crippen molar-refractivity contribution >= 4 is 11.8 Å². The molecule has 0 fully saturated rings. The maximum Gasteiger partial charge on any atom is 0.214 e. The molecule has 2 heterocycles. The van der Waals surface area contributed by atoms with Crippen LogP contribution in [0.1, 0.15) is 23.9 Å². The second kappa shape index (κ2) is 6.82. The van der Waals surface area contributed by atoms with Gasteiger partial charge in [0.15, 0.2) is 0 Å². The minimum absolute atomic E-state index is 0.584. The molecular weight excluding hydrogens is 314 g/mol. The normalized spacial score (nSPS) is 10.9. The molecule has 0 atom stereocenters. The highest BCUT2D eigenvalue weighted by Gasteiger charge is 2.16. The predicted octanol–water partition coefficient (Wildman–Crippen LogP) is 2.96. The quantitative estimate of drug-likeness (QED) is 0.642. The van der Waals surface area contributed by atoms with Crippen molar-refractivity contribution in [3.05, 3.63) is 41.3 Å². The molecule has 0 unspecified atom stereocenters. The zero-order chi connectivity index (χ0) is 16.2. The van der Waals surface area contributed by atoms with Gasteiger partial charge in [0, 0.05) is 11.3 Å². The number of rotatable bonds is 6. The maximum atomic E-state index is 5.65. The van der Waals surface area contributed by atoms with Gasteiger partial charge in [-0.25, -0.2) is 0 Å². The summed E-state index contributed by atoms with van der Waals surface area (Å²) in [7, 11) is 0. The first kappa shape index (κ1) is 15.5. The summed E-state index contributed by atoms with van der Waals surface area (Å²) in [5, 5.41) is 16.7. The fraction of sp³-hybridized carbons (Fsp3) is 0.333. The summed E-state index contributed by atoms with van der Waals surface area (Å²) in [6.45, 7) is 6.37. The molecule has 0 spiro atoms. The summed E-state index contributed by atoms with van der Waals surface area (Å²) in [6, 6.07) is 7.70. The number of benzene rings is 1. The van der Waals surface area contributed by atoms with E-state index in [1.54, 1.807) is 4.68 Å². The number of tetrazole rings is 1. The van der Waals surface area contributed by atoms with Gasteiger partial charge in [-0.05, 0) is 43.3 Å². The number of ether oxygens (including phenoxy) is 1. The van der Waals surface area contributed by atoms with Crippen LogP contribution < -0.4 is 4.74 Å². The number of aryl methyl sites for hydroxylation is 2. The average molecular weight is 331 g/mol. The van der Waals surface area contributed by atoms with Crippen molar-refractivity contribution < 1.29 is 9.26 Å². The fourth-order valence-corrected chi connectivity index (χ4v) is 3.21. The molecule has 1 aromatic carbocycles. The molecule has 2 aromatic heterocycles. The van der Waals surface area contributed by atoms with Crippen LogP contribution in [0.3, 0.4) is 0 Å². The van der Waals surface area contributed by atoms with E-state index in [4.69, 9.17) is 9.26 Å². The number of hydrogen-bond acceptors (Lipinski definition) is 7. The minimum atomic E-state index is 0.584. The largest absolute Gasteiger partial charge is 0.492 e. The van der Waals surface area contributed by atoms with E-state index in [9.17, 15) is 0 Å². The number of nitrogens with zero attached hydrogens (tertiary/aromatic N) is 5. The summed E-state index contributed by atoms with van der Waals surface area (Å²) < 4.78 is 12.5. The molecule has 8 heteroatoms. The van der Waals surface area contributed by atoms with Crippen LogP contribution in [-0.4, -0.2) is 32.0 Å². The molecule has 0 saturated heterocycles. The summed E-state index contributed by atoms with van der Waals surface area (Å²) >= 11 is 1.53. The maximum absolute atomic E-state index is 5.65. The Labute approximate surface area is 138 Å². The molecule has 0 saturated carbocycles. The van der Waals surface area contributed by atoms with E-state index < -0.39 is 0 Å². The molecule has 23 heavy (non-hydrogen) atoms. The monoisotopic (exact) mass is 331 g/mol. The van der Waals surface area contributed by atoms with E-state index in [0.29, 0.717) is 17.5 Å². The SMILES string of the molecule is CCOc1ccccc1-n1nnnc1SCc1c(C)noc1C. The smallest absolute Gasteiger partial charge is 0.214 e. The molecule has 120 valence electrons. The fourth-order valence-electron chi connectivity index (χ4n) is 2.17. The summed E-state index contributed by atoms with van der Waals surface area (Å²) in [5.41, 5.74) is 2.78. The zero-order valence-corrected chi connectivity index (χ0v) is 14.0. The molecule has 7 nitrogen and oxygen atoms in total. The van der Waals surface area contributed by atoms with E-state index >= 15 is 0 Å². The lowest BCUT2D eigenvalue weighted by Crippen LogP contribution is -2.03. The first-order chi connectivity index (χ1) is 11.2. The van der Waals surface area contributed by atoms with Crippen molar-refractivity contribution in [2.24, 2.45) is 0 Å². The van der Waals surface area contributed by atoms with Gasteiger partial charge in [-0.2, -0.15) is 4.68 Å². The van der Waals surface area contributed by atoms with Gasteiger partial charge in [0.1, 0.15) is 17.2 Å². The average Bonchev–Trinajstić information content (AvgIpc) is 3.14. The van der Waals surface area contributed by atoms with Crippen LogP contribution in [0.4, 0.5) is 0 Å². The van der Waals surface area contributed by atoms with E-state index in [0.717, 1.165) is 28.5 Å². The van der Waals surface area contributed by atoms with Gasteiger partial charge in [-0.1, -0.05) is 29.1 Å². The topological polar surface area (TPSA) is 78.9 Å². The molecule has 0 N–H and O–H groups in total. The standard InChI is InChI=1S/C15H17N5O2S/c1-4-21-14-8-6-5-7-13(14)20-15(16-18-19-20)23-9-12-10(2)17-22-11(12)3/h5-8H,4,9H2,1-3H3. The van der Waals surface area contributed by atoms with Gasteiger partial charge in [-0.3, -0.25) is 0 Å². The highest BCUT2D eigenvalue weighted by atomic mass is 32.2. The van der Waals surface area contributed by atoms with Gasteiger partial charge in [0.05, 0.1) is 12.3 Å². The van der Waals surface area contributed by atoms with Crippen LogP contribution in [0.5, 0.6) is 5.75 Å². The number of hydrogen-bond donors (Lipinski definition) is 0. The first-order valence-corrected chi connectivity index (χ1v) is 8.24. The lowest BCUT2D eigenvalue weighted by Gasteiger charge is -2.10. The Hall–Kier alpha value is -2.35. The first-order valence-electron chi connectivity index (χ1n) is 7.25. The summed E-state index contributed by atoms with van der Waals surface area (Å²) in [6.07, 6.45) is 0. The number of thioether (sulfide) groups is 1. The van der Waals surface area contributed by atoms with E-state index in [1.165, 1.54) is 11.8 Å². The van der Waals surface area contributed by atoms with Crippen molar-refractivity contribution in [1.29, 1.82) is 0 Å². The predicted molar refractivity (Wildman–Crippen MR) is 85.9 cm³/mol. The van der Waals surface area contributed by atoms with Crippen LogP contribution in [-0.2, 0) is 5.75 Å². The van der Waals surface area contributed by atoms with Crippen molar-refractivity contribution in [2.45, 2.75) is 31.7 Å². The number of para-hydroxylation sites is 2. The van der Waals surface area contributed by atoms with Crippen LogP contribution in [0.15, 0.2) is 33.9 Å². The Morgan fingerprint density at radius 3 is 2.83 bits per heavy atom. The minimum Gasteiger partial charge on any atom is -0.492 e. The molecule has 3 rings (SSSR count). The van der Waals surface area contributed by atoms with Gasteiger partial charge in [0.2, 0.25) is 5.16 Å². The zero-order valence-electron chi connectivity index (χ0n) is 13.2. The second-order valence-electron chi connectivity index (χ2n) is 4.87. The highest BCUT2D eigenvalue weighted by molar-refractivity contribution is 7.98. The van der Waals surface area contributed by atoms with Crippen LogP contribution in [0.2, 0.25) is 0 Å². The lowest BCUT2D eigenvalue weighted by atomic mass is 10.2. The van der Waals surface area contributed by atoms with E-state index in [-0.39, 0.29) is 0 Å². The van der Waals surface area contributed by atoms with Crippen molar-refractivity contribution in [1.82, 2.24) is 25.4 Å². The Morgan fingerprint density at radius 2 is 2.09 bits per heavy atom. The summed E-state index contributed by atoms with van der Waals surface area (Å²) in [4.78, 5) is 0. The van der Waals surface area contributed by atoms with Gasteiger partial charge in [0.25, 0.3) is 0 Å². The third-order valence-electron chi connectivity index (χ3n) is 3.36.